The third kappa shape index (κ3) is 3.29. The van der Waals surface area contributed by atoms with Crippen LogP contribution in [0.2, 0.25) is 5.02 Å². The molecule has 25 heavy (non-hydrogen) atoms. The Kier molecular flexibility index (Phi) is 4.72. The summed E-state index contributed by atoms with van der Waals surface area (Å²) in [7, 11) is 0. The molecule has 4 nitrogen and oxygen atoms in total. The van der Waals surface area contributed by atoms with Crippen molar-refractivity contribution in [1.29, 1.82) is 0 Å². The summed E-state index contributed by atoms with van der Waals surface area (Å²) in [6.45, 7) is 3.11. The van der Waals surface area contributed by atoms with Crippen LogP contribution in [0.3, 0.4) is 0 Å². The zero-order chi connectivity index (χ0) is 17.4. The van der Waals surface area contributed by atoms with Gasteiger partial charge in [-0.05, 0) is 37.8 Å². The Morgan fingerprint density at radius 1 is 1.00 bits per heavy atom. The molecule has 1 amide bonds. The molecular weight excluding hydrogens is 336 g/mol. The van der Waals surface area contributed by atoms with Gasteiger partial charge in [0.1, 0.15) is 5.78 Å². The topological polar surface area (TPSA) is 40.6 Å². The summed E-state index contributed by atoms with van der Waals surface area (Å²) in [6.07, 6.45) is 4.68. The van der Waals surface area contributed by atoms with Crippen LogP contribution < -0.4 is 4.90 Å². The molecular formula is C20H25ClN2O2. The van der Waals surface area contributed by atoms with Gasteiger partial charge in [-0.1, -0.05) is 30.2 Å². The molecule has 5 heteroatoms. The highest BCUT2D eigenvalue weighted by molar-refractivity contribution is 6.33. The number of fused-ring (bicyclic) bond motifs is 2. The van der Waals surface area contributed by atoms with Gasteiger partial charge in [-0.2, -0.15) is 0 Å². The van der Waals surface area contributed by atoms with Crippen molar-refractivity contribution in [3.05, 3.63) is 29.3 Å². The van der Waals surface area contributed by atoms with Gasteiger partial charge in [0.2, 0.25) is 5.91 Å². The van der Waals surface area contributed by atoms with Crippen LogP contribution in [0, 0.1) is 17.8 Å². The minimum Gasteiger partial charge on any atom is -0.367 e. The fourth-order valence-electron chi connectivity index (χ4n) is 4.82. The molecule has 134 valence electrons. The van der Waals surface area contributed by atoms with Crippen molar-refractivity contribution in [3.63, 3.8) is 0 Å². The van der Waals surface area contributed by atoms with Crippen LogP contribution in [0.5, 0.6) is 0 Å². The van der Waals surface area contributed by atoms with Gasteiger partial charge in [0.25, 0.3) is 0 Å². The van der Waals surface area contributed by atoms with Crippen LogP contribution in [0.1, 0.15) is 32.1 Å². The molecule has 3 fully saturated rings. The summed E-state index contributed by atoms with van der Waals surface area (Å²) < 4.78 is 0. The number of ketones is 1. The molecule has 1 saturated heterocycles. The molecule has 3 aliphatic rings. The number of rotatable bonds is 2. The van der Waals surface area contributed by atoms with Crippen LogP contribution in [0.15, 0.2) is 24.3 Å². The number of nitrogens with zero attached hydrogens (tertiary/aromatic N) is 2. The van der Waals surface area contributed by atoms with Gasteiger partial charge < -0.3 is 9.80 Å². The zero-order valence-corrected chi connectivity index (χ0v) is 15.3. The highest BCUT2D eigenvalue weighted by Crippen LogP contribution is 2.40. The molecule has 2 bridgehead atoms. The third-order valence-electron chi connectivity index (χ3n) is 6.18. The lowest BCUT2D eigenvalue weighted by atomic mass is 9.67. The van der Waals surface area contributed by atoms with Gasteiger partial charge >= 0.3 is 0 Å². The maximum absolute atomic E-state index is 13.0. The highest BCUT2D eigenvalue weighted by Gasteiger charge is 2.42. The minimum atomic E-state index is 0.0554. The highest BCUT2D eigenvalue weighted by atomic mass is 35.5. The molecule has 0 spiro atoms. The van der Waals surface area contributed by atoms with E-state index in [1.54, 1.807) is 0 Å². The standard InChI is InChI=1S/C20H25ClN2O2/c21-17-6-1-2-7-18(17)22-8-10-23(11-9-22)20(25)16-12-14-4-3-5-15(13-16)19(14)24/h1-2,6-7,14-16H,3-5,8-13H2/t14-,15-/m0/s1. The fourth-order valence-corrected chi connectivity index (χ4v) is 5.07. The lowest BCUT2D eigenvalue weighted by Crippen LogP contribution is -2.52. The summed E-state index contributed by atoms with van der Waals surface area (Å²) in [6, 6.07) is 7.88. The molecule has 1 aromatic rings. The molecule has 2 saturated carbocycles. The van der Waals surface area contributed by atoms with Gasteiger partial charge in [-0.15, -0.1) is 0 Å². The van der Waals surface area contributed by atoms with E-state index < -0.39 is 0 Å². The van der Waals surface area contributed by atoms with Gasteiger partial charge in [0, 0.05) is 43.9 Å². The lowest BCUT2D eigenvalue weighted by Gasteiger charge is -2.41. The van der Waals surface area contributed by atoms with Crippen LogP contribution in [0.4, 0.5) is 5.69 Å². The van der Waals surface area contributed by atoms with Crippen molar-refractivity contribution in [1.82, 2.24) is 4.90 Å². The molecule has 0 aromatic heterocycles. The number of carbonyl (C=O) groups is 2. The second-order valence-electron chi connectivity index (χ2n) is 7.66. The number of anilines is 1. The fraction of sp³-hybridized carbons (Fsp3) is 0.600. The largest absolute Gasteiger partial charge is 0.367 e. The van der Waals surface area contributed by atoms with Crippen molar-refractivity contribution in [2.24, 2.45) is 17.8 Å². The predicted molar refractivity (Wildman–Crippen MR) is 98.8 cm³/mol. The average molecular weight is 361 g/mol. The molecule has 1 heterocycles. The van der Waals surface area contributed by atoms with E-state index in [4.69, 9.17) is 11.6 Å². The zero-order valence-electron chi connectivity index (χ0n) is 14.5. The summed E-state index contributed by atoms with van der Waals surface area (Å²) in [4.78, 5) is 29.5. The van der Waals surface area contributed by atoms with E-state index in [1.165, 1.54) is 0 Å². The van der Waals surface area contributed by atoms with Crippen LogP contribution in [-0.4, -0.2) is 42.8 Å². The Bertz CT molecular complexity index is 653. The summed E-state index contributed by atoms with van der Waals surface area (Å²) in [5.41, 5.74) is 1.05. The smallest absolute Gasteiger partial charge is 0.225 e. The Morgan fingerprint density at radius 2 is 1.64 bits per heavy atom. The van der Waals surface area contributed by atoms with Crippen molar-refractivity contribution >= 4 is 29.0 Å². The number of halogens is 1. The molecule has 2 atom stereocenters. The second-order valence-corrected chi connectivity index (χ2v) is 8.07. The molecule has 2 aliphatic carbocycles. The van der Waals surface area contributed by atoms with Crippen LogP contribution >= 0.6 is 11.6 Å². The van der Waals surface area contributed by atoms with E-state index in [0.717, 1.165) is 69.0 Å². The lowest BCUT2D eigenvalue weighted by molar-refractivity contribution is -0.143. The van der Waals surface area contributed by atoms with E-state index in [2.05, 4.69) is 4.90 Å². The second kappa shape index (κ2) is 6.99. The maximum Gasteiger partial charge on any atom is 0.225 e. The van der Waals surface area contributed by atoms with Crippen molar-refractivity contribution in [2.45, 2.75) is 32.1 Å². The number of hydrogen-bond acceptors (Lipinski definition) is 3. The summed E-state index contributed by atoms with van der Waals surface area (Å²) in [5.74, 6) is 1.04. The number of amides is 1. The minimum absolute atomic E-state index is 0.0554. The third-order valence-corrected chi connectivity index (χ3v) is 6.50. The van der Waals surface area contributed by atoms with Crippen LogP contribution in [0.25, 0.3) is 0 Å². The predicted octanol–water partition coefficient (Wildman–Crippen LogP) is 3.38. The SMILES string of the molecule is O=C1[C@H]2CCC[C@H]1CC(C(=O)N1CCN(c3ccccc3Cl)CC1)C2. The number of benzene rings is 1. The van der Waals surface area contributed by atoms with Crippen molar-refractivity contribution < 1.29 is 9.59 Å². The molecule has 1 aromatic carbocycles. The molecule has 0 unspecified atom stereocenters. The summed E-state index contributed by atoms with van der Waals surface area (Å²) >= 11 is 6.29. The Balaban J connectivity index is 1.37. The maximum atomic E-state index is 13.0. The first-order valence-electron chi connectivity index (χ1n) is 9.45. The molecule has 1 aliphatic heterocycles. The van der Waals surface area contributed by atoms with Gasteiger partial charge in [-0.3, -0.25) is 9.59 Å². The first-order valence-corrected chi connectivity index (χ1v) is 9.83. The van der Waals surface area contributed by atoms with E-state index in [0.29, 0.717) is 5.78 Å². The average Bonchev–Trinajstić information content (AvgIpc) is 2.61. The van der Waals surface area contributed by atoms with Crippen molar-refractivity contribution in [3.8, 4) is 0 Å². The summed E-state index contributed by atoms with van der Waals surface area (Å²) in [5, 5.41) is 0.765. The molecule has 0 radical (unpaired) electrons. The van der Waals surface area contributed by atoms with E-state index in [9.17, 15) is 9.59 Å². The van der Waals surface area contributed by atoms with E-state index in [1.807, 2.05) is 29.2 Å². The number of Topliss-reactive ketones (excluding diaryl/α,β-unsaturated/α-hetero) is 1. The number of para-hydroxylation sites is 1. The first kappa shape index (κ1) is 16.9. The normalized spacial score (nSPS) is 29.6. The number of hydrogen-bond donors (Lipinski definition) is 0. The molecule has 0 N–H and O–H groups in total. The monoisotopic (exact) mass is 360 g/mol. The van der Waals surface area contributed by atoms with Gasteiger partial charge in [0.05, 0.1) is 10.7 Å². The van der Waals surface area contributed by atoms with Gasteiger partial charge in [0.15, 0.2) is 0 Å². The Hall–Kier alpha value is -1.55. The van der Waals surface area contributed by atoms with Gasteiger partial charge in [-0.25, -0.2) is 0 Å². The number of piperazine rings is 1. The molecule has 4 rings (SSSR count). The first-order chi connectivity index (χ1) is 12.1. The van der Waals surface area contributed by atoms with E-state index >= 15 is 0 Å². The van der Waals surface area contributed by atoms with Crippen molar-refractivity contribution in [2.75, 3.05) is 31.1 Å². The Morgan fingerprint density at radius 3 is 2.28 bits per heavy atom. The Labute approximate surface area is 154 Å². The number of carbonyl (C=O) groups excluding carboxylic acids is 2. The van der Waals surface area contributed by atoms with E-state index in [-0.39, 0.29) is 23.7 Å². The van der Waals surface area contributed by atoms with Crippen LogP contribution in [-0.2, 0) is 9.59 Å². The quantitative estimate of drug-likeness (QED) is 0.811.